The summed E-state index contributed by atoms with van der Waals surface area (Å²) in [6.07, 6.45) is 1.26. The standard InChI is InChI=1S/C10H10BrNO2/c11-7-10(14)12-9-3-1-8(2-4-9)5-6-13/h1-4,6H,5,7H2,(H,12,14). The van der Waals surface area contributed by atoms with Gasteiger partial charge in [0.2, 0.25) is 5.91 Å². The van der Waals surface area contributed by atoms with Crippen molar-refractivity contribution in [3.8, 4) is 0 Å². The Morgan fingerprint density at radius 1 is 1.36 bits per heavy atom. The average Bonchev–Trinajstić information content (AvgIpc) is 2.21. The van der Waals surface area contributed by atoms with Gasteiger partial charge in [0.15, 0.2) is 0 Å². The van der Waals surface area contributed by atoms with Crippen molar-refractivity contribution >= 4 is 33.8 Å². The maximum Gasteiger partial charge on any atom is 0.235 e. The third-order valence-corrected chi connectivity index (χ3v) is 2.19. The Morgan fingerprint density at radius 3 is 2.50 bits per heavy atom. The first-order valence-electron chi connectivity index (χ1n) is 4.14. The molecule has 0 heterocycles. The molecular weight excluding hydrogens is 246 g/mol. The van der Waals surface area contributed by atoms with Crippen LogP contribution in [0.1, 0.15) is 5.56 Å². The molecule has 3 nitrogen and oxygen atoms in total. The molecule has 14 heavy (non-hydrogen) atoms. The highest BCUT2D eigenvalue weighted by Crippen LogP contribution is 2.09. The molecule has 1 aromatic rings. The van der Waals surface area contributed by atoms with Crippen molar-refractivity contribution in [2.75, 3.05) is 10.6 Å². The fraction of sp³-hybridized carbons (Fsp3) is 0.200. The lowest BCUT2D eigenvalue weighted by molar-refractivity contribution is -0.113. The van der Waals surface area contributed by atoms with Crippen LogP contribution in [-0.2, 0) is 16.0 Å². The zero-order chi connectivity index (χ0) is 10.4. The molecule has 0 radical (unpaired) electrons. The predicted molar refractivity (Wildman–Crippen MR) is 58.6 cm³/mol. The van der Waals surface area contributed by atoms with Gasteiger partial charge in [-0.1, -0.05) is 28.1 Å². The minimum Gasteiger partial charge on any atom is -0.325 e. The minimum atomic E-state index is -0.0897. The van der Waals surface area contributed by atoms with Gasteiger partial charge in [-0.3, -0.25) is 4.79 Å². The van der Waals surface area contributed by atoms with Crippen LogP contribution >= 0.6 is 15.9 Å². The molecule has 0 bridgehead atoms. The maximum absolute atomic E-state index is 11.0. The van der Waals surface area contributed by atoms with E-state index in [1.165, 1.54) is 0 Å². The first kappa shape index (κ1) is 10.9. The summed E-state index contributed by atoms with van der Waals surface area (Å²) in [5.41, 5.74) is 1.68. The Morgan fingerprint density at radius 2 is 2.00 bits per heavy atom. The van der Waals surface area contributed by atoms with Crippen LogP contribution in [0.3, 0.4) is 0 Å². The molecule has 74 valence electrons. The molecule has 0 aliphatic carbocycles. The first-order chi connectivity index (χ1) is 6.76. The lowest BCUT2D eigenvalue weighted by Crippen LogP contribution is -2.12. The van der Waals surface area contributed by atoms with Crippen molar-refractivity contribution < 1.29 is 9.59 Å². The second-order valence-corrected chi connectivity index (χ2v) is 3.31. The zero-order valence-corrected chi connectivity index (χ0v) is 9.08. The number of carbonyl (C=O) groups excluding carboxylic acids is 2. The topological polar surface area (TPSA) is 46.2 Å². The molecule has 0 unspecified atom stereocenters. The SMILES string of the molecule is O=CCc1ccc(NC(=O)CBr)cc1. The molecule has 1 rings (SSSR count). The first-order valence-corrected chi connectivity index (χ1v) is 5.27. The van der Waals surface area contributed by atoms with Gasteiger partial charge in [0.1, 0.15) is 6.29 Å². The summed E-state index contributed by atoms with van der Waals surface area (Å²) in [5.74, 6) is -0.0897. The molecule has 1 N–H and O–H groups in total. The number of alkyl halides is 1. The maximum atomic E-state index is 11.0. The molecular formula is C10H10BrNO2. The van der Waals surface area contributed by atoms with Gasteiger partial charge in [0.05, 0.1) is 5.33 Å². The molecule has 0 spiro atoms. The second-order valence-electron chi connectivity index (χ2n) is 2.75. The van der Waals surface area contributed by atoms with Gasteiger partial charge in [-0.15, -0.1) is 0 Å². The lowest BCUT2D eigenvalue weighted by atomic mass is 10.1. The van der Waals surface area contributed by atoms with Crippen LogP contribution in [0.15, 0.2) is 24.3 Å². The van der Waals surface area contributed by atoms with Crippen molar-refractivity contribution in [3.63, 3.8) is 0 Å². The number of anilines is 1. The molecule has 1 amide bonds. The van der Waals surface area contributed by atoms with E-state index in [4.69, 9.17) is 0 Å². The van der Waals surface area contributed by atoms with Crippen molar-refractivity contribution in [1.82, 2.24) is 0 Å². The van der Waals surface area contributed by atoms with Crippen LogP contribution in [-0.4, -0.2) is 17.5 Å². The van der Waals surface area contributed by atoms with Crippen LogP contribution in [0.5, 0.6) is 0 Å². The molecule has 4 heteroatoms. The number of nitrogens with one attached hydrogen (secondary N) is 1. The Bertz CT molecular complexity index is 321. The fourth-order valence-electron chi connectivity index (χ4n) is 1.01. The molecule has 0 aliphatic heterocycles. The summed E-state index contributed by atoms with van der Waals surface area (Å²) in [4.78, 5) is 21.2. The van der Waals surface area contributed by atoms with E-state index in [9.17, 15) is 9.59 Å². The molecule has 0 aliphatic rings. The monoisotopic (exact) mass is 255 g/mol. The molecule has 0 saturated carbocycles. The summed E-state index contributed by atoms with van der Waals surface area (Å²) in [5, 5.41) is 2.97. The Labute approximate surface area is 90.6 Å². The van der Waals surface area contributed by atoms with E-state index in [1.54, 1.807) is 12.1 Å². The summed E-state index contributed by atoms with van der Waals surface area (Å²) < 4.78 is 0. The highest BCUT2D eigenvalue weighted by Gasteiger charge is 1.98. The number of hydrogen-bond donors (Lipinski definition) is 1. The number of benzene rings is 1. The van der Waals surface area contributed by atoms with Gasteiger partial charge in [0, 0.05) is 12.1 Å². The van der Waals surface area contributed by atoms with Gasteiger partial charge in [0.25, 0.3) is 0 Å². The van der Waals surface area contributed by atoms with Crippen LogP contribution in [0.25, 0.3) is 0 Å². The predicted octanol–water partition coefficient (Wildman–Crippen LogP) is 1.76. The number of hydrogen-bond acceptors (Lipinski definition) is 2. The summed E-state index contributed by atoms with van der Waals surface area (Å²) in [6.45, 7) is 0. The van der Waals surface area contributed by atoms with Crippen molar-refractivity contribution in [2.24, 2.45) is 0 Å². The van der Waals surface area contributed by atoms with Gasteiger partial charge in [-0.25, -0.2) is 0 Å². The number of carbonyl (C=O) groups is 2. The van der Waals surface area contributed by atoms with Crippen LogP contribution in [0.4, 0.5) is 5.69 Å². The molecule has 0 atom stereocenters. The van der Waals surface area contributed by atoms with Crippen LogP contribution < -0.4 is 5.32 Å². The number of amides is 1. The van der Waals surface area contributed by atoms with E-state index in [0.29, 0.717) is 6.42 Å². The van der Waals surface area contributed by atoms with Crippen LogP contribution in [0.2, 0.25) is 0 Å². The third-order valence-electron chi connectivity index (χ3n) is 1.68. The average molecular weight is 256 g/mol. The van der Waals surface area contributed by atoms with Gasteiger partial charge < -0.3 is 10.1 Å². The van der Waals surface area contributed by atoms with E-state index in [0.717, 1.165) is 17.5 Å². The van der Waals surface area contributed by atoms with E-state index in [1.807, 2.05) is 12.1 Å². The normalized spacial score (nSPS) is 9.50. The third kappa shape index (κ3) is 3.30. The number of aldehydes is 1. The van der Waals surface area contributed by atoms with Gasteiger partial charge in [-0.2, -0.15) is 0 Å². The highest BCUT2D eigenvalue weighted by atomic mass is 79.9. The Balaban J connectivity index is 2.63. The summed E-state index contributed by atoms with van der Waals surface area (Å²) in [7, 11) is 0. The Kier molecular flexibility index (Phi) is 4.32. The lowest BCUT2D eigenvalue weighted by Gasteiger charge is -2.03. The van der Waals surface area contributed by atoms with Crippen molar-refractivity contribution in [1.29, 1.82) is 0 Å². The smallest absolute Gasteiger partial charge is 0.235 e. The quantitative estimate of drug-likeness (QED) is 0.659. The zero-order valence-electron chi connectivity index (χ0n) is 7.50. The van der Waals surface area contributed by atoms with Crippen molar-refractivity contribution in [3.05, 3.63) is 29.8 Å². The highest BCUT2D eigenvalue weighted by molar-refractivity contribution is 9.09. The van der Waals surface area contributed by atoms with Gasteiger partial charge >= 0.3 is 0 Å². The molecule has 0 saturated heterocycles. The summed E-state index contributed by atoms with van der Waals surface area (Å²) >= 11 is 3.05. The van der Waals surface area contributed by atoms with Crippen molar-refractivity contribution in [2.45, 2.75) is 6.42 Å². The second kappa shape index (κ2) is 5.54. The minimum absolute atomic E-state index is 0.0897. The number of halogens is 1. The Hall–Kier alpha value is -1.16. The molecule has 0 fully saturated rings. The van der Waals surface area contributed by atoms with E-state index in [-0.39, 0.29) is 11.2 Å². The summed E-state index contributed by atoms with van der Waals surface area (Å²) in [6, 6.07) is 7.19. The van der Waals surface area contributed by atoms with E-state index >= 15 is 0 Å². The number of rotatable bonds is 4. The van der Waals surface area contributed by atoms with Gasteiger partial charge in [-0.05, 0) is 17.7 Å². The fourth-order valence-corrected chi connectivity index (χ4v) is 1.15. The van der Waals surface area contributed by atoms with Crippen LogP contribution in [0, 0.1) is 0 Å². The van der Waals surface area contributed by atoms with E-state index < -0.39 is 0 Å². The molecule has 0 aromatic heterocycles. The largest absolute Gasteiger partial charge is 0.325 e. The van der Waals surface area contributed by atoms with E-state index in [2.05, 4.69) is 21.2 Å². The molecule has 1 aromatic carbocycles.